The molecule has 1 aliphatic rings. The van der Waals surface area contributed by atoms with Crippen molar-refractivity contribution in [1.82, 2.24) is 15.5 Å². The number of aliphatic hydroxyl groups is 1. The number of nitrogens with zero attached hydrogens (tertiary/aromatic N) is 2. The van der Waals surface area contributed by atoms with Gasteiger partial charge in [0.25, 0.3) is 17.6 Å². The number of hydrogen-bond donors (Lipinski definition) is 3. The second kappa shape index (κ2) is 5.92. The molecule has 0 aliphatic heterocycles. The summed E-state index contributed by atoms with van der Waals surface area (Å²) >= 11 is 0. The minimum Gasteiger partial charge on any atom is -0.395 e. The molecule has 0 radical (unpaired) electrons. The van der Waals surface area contributed by atoms with Crippen LogP contribution in [-0.2, 0) is 0 Å². The van der Waals surface area contributed by atoms with Crippen molar-refractivity contribution < 1.29 is 14.4 Å². The zero-order valence-electron chi connectivity index (χ0n) is 11.4. The molecule has 3 N–H and O–H groups in total. The fourth-order valence-corrected chi connectivity index (χ4v) is 1.84. The van der Waals surface area contributed by atoms with Gasteiger partial charge in [0.1, 0.15) is 0 Å². The first-order valence-corrected chi connectivity index (χ1v) is 6.86. The summed E-state index contributed by atoms with van der Waals surface area (Å²) in [6.45, 7) is 0.566. The van der Waals surface area contributed by atoms with Crippen molar-refractivity contribution in [2.75, 3.05) is 18.5 Å². The molecule has 1 saturated carbocycles. The molecule has 0 spiro atoms. The molecule has 110 valence electrons. The van der Waals surface area contributed by atoms with Gasteiger partial charge in [0.05, 0.1) is 6.61 Å². The number of carbonyl (C=O) groups excluding carboxylic acids is 1. The largest absolute Gasteiger partial charge is 0.395 e. The van der Waals surface area contributed by atoms with Gasteiger partial charge in [-0.2, -0.15) is 4.98 Å². The number of aromatic nitrogens is 2. The number of carbonyl (C=O) groups is 1. The first kappa shape index (κ1) is 13.6. The van der Waals surface area contributed by atoms with Gasteiger partial charge in [0.2, 0.25) is 0 Å². The lowest BCUT2D eigenvalue weighted by Gasteiger charge is -2.03. The lowest BCUT2D eigenvalue weighted by molar-refractivity contribution is 0.0937. The van der Waals surface area contributed by atoms with E-state index in [4.69, 9.17) is 9.63 Å². The number of hydrogen-bond acceptors (Lipinski definition) is 6. The SMILES string of the molecule is O=C(NC1CC1)c1noc(-c2ccc(NCCO)cc2)n1. The van der Waals surface area contributed by atoms with Crippen LogP contribution in [0.15, 0.2) is 28.8 Å². The second-order valence-electron chi connectivity index (χ2n) is 4.90. The van der Waals surface area contributed by atoms with E-state index in [9.17, 15) is 4.79 Å². The molecule has 1 aromatic carbocycles. The Kier molecular flexibility index (Phi) is 3.83. The van der Waals surface area contributed by atoms with Crippen LogP contribution in [0.1, 0.15) is 23.5 Å². The van der Waals surface area contributed by atoms with E-state index in [-0.39, 0.29) is 24.4 Å². The van der Waals surface area contributed by atoms with Gasteiger partial charge in [-0.1, -0.05) is 5.16 Å². The molecule has 21 heavy (non-hydrogen) atoms. The van der Waals surface area contributed by atoms with Crippen molar-refractivity contribution >= 4 is 11.6 Å². The van der Waals surface area contributed by atoms with Gasteiger partial charge in [-0.3, -0.25) is 4.79 Å². The molecule has 1 heterocycles. The van der Waals surface area contributed by atoms with E-state index < -0.39 is 0 Å². The maximum absolute atomic E-state index is 11.8. The maximum Gasteiger partial charge on any atom is 0.292 e. The summed E-state index contributed by atoms with van der Waals surface area (Å²) in [5, 5.41) is 18.3. The lowest BCUT2D eigenvalue weighted by atomic mass is 10.2. The molecule has 2 aromatic rings. The van der Waals surface area contributed by atoms with Crippen LogP contribution in [0, 0.1) is 0 Å². The molecule has 0 bridgehead atoms. The smallest absolute Gasteiger partial charge is 0.292 e. The van der Waals surface area contributed by atoms with Crippen LogP contribution in [0.2, 0.25) is 0 Å². The van der Waals surface area contributed by atoms with Gasteiger partial charge in [-0.15, -0.1) is 0 Å². The molecule has 1 aliphatic carbocycles. The number of rotatable bonds is 6. The Morgan fingerprint density at radius 1 is 1.33 bits per heavy atom. The van der Waals surface area contributed by atoms with E-state index in [2.05, 4.69) is 20.8 Å². The first-order chi connectivity index (χ1) is 10.3. The topological polar surface area (TPSA) is 100 Å². The van der Waals surface area contributed by atoms with Crippen molar-refractivity contribution in [1.29, 1.82) is 0 Å². The highest BCUT2D eigenvalue weighted by Crippen LogP contribution is 2.21. The van der Waals surface area contributed by atoms with Crippen LogP contribution < -0.4 is 10.6 Å². The van der Waals surface area contributed by atoms with Crippen molar-refractivity contribution in [3.8, 4) is 11.5 Å². The fraction of sp³-hybridized carbons (Fsp3) is 0.357. The van der Waals surface area contributed by atoms with Crippen LogP contribution in [0.3, 0.4) is 0 Å². The van der Waals surface area contributed by atoms with Gasteiger partial charge in [-0.25, -0.2) is 0 Å². The number of anilines is 1. The highest BCUT2D eigenvalue weighted by molar-refractivity contribution is 5.91. The summed E-state index contributed by atoms with van der Waals surface area (Å²) in [5.41, 5.74) is 1.63. The molecule has 0 saturated heterocycles. The Morgan fingerprint density at radius 3 is 2.76 bits per heavy atom. The Bertz CT molecular complexity index is 619. The predicted molar refractivity (Wildman–Crippen MR) is 75.8 cm³/mol. The monoisotopic (exact) mass is 288 g/mol. The highest BCUT2D eigenvalue weighted by Gasteiger charge is 2.26. The number of benzene rings is 1. The third kappa shape index (κ3) is 3.38. The molecule has 1 aromatic heterocycles. The van der Waals surface area contributed by atoms with Gasteiger partial charge in [-0.05, 0) is 37.1 Å². The van der Waals surface area contributed by atoms with E-state index in [0.29, 0.717) is 12.4 Å². The third-order valence-corrected chi connectivity index (χ3v) is 3.11. The van der Waals surface area contributed by atoms with Gasteiger partial charge in [0.15, 0.2) is 0 Å². The molecule has 1 fully saturated rings. The van der Waals surface area contributed by atoms with Crippen molar-refractivity contribution in [3.63, 3.8) is 0 Å². The summed E-state index contributed by atoms with van der Waals surface area (Å²) in [5.74, 6) is 0.0674. The van der Waals surface area contributed by atoms with Crippen LogP contribution in [-0.4, -0.2) is 40.3 Å². The quantitative estimate of drug-likeness (QED) is 0.734. The molecule has 1 amide bonds. The highest BCUT2D eigenvalue weighted by atomic mass is 16.5. The minimum absolute atomic E-state index is 0.0550. The van der Waals surface area contributed by atoms with Crippen LogP contribution >= 0.6 is 0 Å². The Balaban J connectivity index is 1.68. The fourth-order valence-electron chi connectivity index (χ4n) is 1.84. The van der Waals surface area contributed by atoms with Gasteiger partial charge < -0.3 is 20.3 Å². The van der Waals surface area contributed by atoms with Gasteiger partial charge in [0, 0.05) is 23.8 Å². The van der Waals surface area contributed by atoms with E-state index in [0.717, 1.165) is 24.1 Å². The van der Waals surface area contributed by atoms with E-state index in [1.807, 2.05) is 24.3 Å². The predicted octanol–water partition coefficient (Wildman–Crippen LogP) is 1.03. The van der Waals surface area contributed by atoms with Crippen LogP contribution in [0.5, 0.6) is 0 Å². The average Bonchev–Trinajstić information content (AvgIpc) is 3.18. The standard InChI is InChI=1S/C14H16N4O3/c19-8-7-15-10-3-1-9(2-4-10)14-17-12(18-21-14)13(20)16-11-5-6-11/h1-4,11,15,19H,5-8H2,(H,16,20). The molecule has 3 rings (SSSR count). The Labute approximate surface area is 121 Å². The molecule has 7 heteroatoms. The Morgan fingerprint density at radius 2 is 2.10 bits per heavy atom. The Hall–Kier alpha value is -2.41. The van der Waals surface area contributed by atoms with E-state index >= 15 is 0 Å². The maximum atomic E-state index is 11.8. The number of aliphatic hydroxyl groups excluding tert-OH is 1. The molecule has 7 nitrogen and oxygen atoms in total. The number of nitrogens with one attached hydrogen (secondary N) is 2. The lowest BCUT2D eigenvalue weighted by Crippen LogP contribution is -2.26. The van der Waals surface area contributed by atoms with Crippen LogP contribution in [0.25, 0.3) is 11.5 Å². The van der Waals surface area contributed by atoms with Crippen molar-refractivity contribution in [3.05, 3.63) is 30.1 Å². The summed E-state index contributed by atoms with van der Waals surface area (Å²) in [4.78, 5) is 15.9. The first-order valence-electron chi connectivity index (χ1n) is 6.86. The summed E-state index contributed by atoms with van der Waals surface area (Å²) in [6, 6.07) is 7.58. The van der Waals surface area contributed by atoms with E-state index in [1.54, 1.807) is 0 Å². The van der Waals surface area contributed by atoms with Crippen molar-refractivity contribution in [2.24, 2.45) is 0 Å². The average molecular weight is 288 g/mol. The number of amides is 1. The molecular weight excluding hydrogens is 272 g/mol. The second-order valence-corrected chi connectivity index (χ2v) is 4.90. The van der Waals surface area contributed by atoms with Gasteiger partial charge >= 0.3 is 0 Å². The summed E-state index contributed by atoms with van der Waals surface area (Å²) < 4.78 is 5.11. The van der Waals surface area contributed by atoms with Crippen molar-refractivity contribution in [2.45, 2.75) is 18.9 Å². The summed E-state index contributed by atoms with van der Waals surface area (Å²) in [6.07, 6.45) is 2.03. The van der Waals surface area contributed by atoms with E-state index in [1.165, 1.54) is 0 Å². The molecule has 0 unspecified atom stereocenters. The summed E-state index contributed by atoms with van der Waals surface area (Å²) in [7, 11) is 0. The molecular formula is C14H16N4O3. The zero-order chi connectivity index (χ0) is 14.7. The third-order valence-electron chi connectivity index (χ3n) is 3.11. The zero-order valence-corrected chi connectivity index (χ0v) is 11.4. The van der Waals surface area contributed by atoms with Crippen LogP contribution in [0.4, 0.5) is 5.69 Å². The molecule has 0 atom stereocenters. The normalized spacial score (nSPS) is 14.0. The minimum atomic E-state index is -0.297.